The molecule has 1 aromatic heterocycles. The van der Waals surface area contributed by atoms with E-state index in [-0.39, 0.29) is 11.3 Å². The van der Waals surface area contributed by atoms with E-state index in [1.807, 2.05) is 9.80 Å². The zero-order chi connectivity index (χ0) is 16.4. The summed E-state index contributed by atoms with van der Waals surface area (Å²) in [5.41, 5.74) is 0.0516. The number of methoxy groups -OCH3 is 1. The fourth-order valence-electron chi connectivity index (χ4n) is 3.51. The van der Waals surface area contributed by atoms with Crippen LogP contribution in [0.1, 0.15) is 36.5 Å². The number of anilines is 1. The van der Waals surface area contributed by atoms with Crippen molar-refractivity contribution in [1.29, 1.82) is 0 Å². The molecule has 7 nitrogen and oxygen atoms in total. The second-order valence-corrected chi connectivity index (χ2v) is 6.26. The van der Waals surface area contributed by atoms with Crippen molar-refractivity contribution in [2.24, 2.45) is 5.41 Å². The highest BCUT2D eigenvalue weighted by atomic mass is 16.5. The highest BCUT2D eigenvalue weighted by molar-refractivity contribution is 5.88. The summed E-state index contributed by atoms with van der Waals surface area (Å²) in [6.45, 7) is 5.20. The Labute approximate surface area is 135 Å². The van der Waals surface area contributed by atoms with Gasteiger partial charge in [-0.3, -0.25) is 4.79 Å². The van der Waals surface area contributed by atoms with Crippen molar-refractivity contribution in [1.82, 2.24) is 14.9 Å². The zero-order valence-electron chi connectivity index (χ0n) is 13.6. The first kappa shape index (κ1) is 15.7. The van der Waals surface area contributed by atoms with E-state index in [0.717, 1.165) is 38.9 Å². The van der Waals surface area contributed by atoms with Gasteiger partial charge in [0.1, 0.15) is 0 Å². The molecule has 7 heteroatoms. The normalized spacial score (nSPS) is 23.8. The first-order chi connectivity index (χ1) is 11.1. The fourth-order valence-corrected chi connectivity index (χ4v) is 3.51. The minimum atomic E-state index is -0.448. The number of hydrogen-bond donors (Lipinski definition) is 0. The van der Waals surface area contributed by atoms with Gasteiger partial charge in [0, 0.05) is 38.6 Å². The molecule has 23 heavy (non-hydrogen) atoms. The monoisotopic (exact) mass is 318 g/mol. The highest BCUT2D eigenvalue weighted by Gasteiger charge is 2.50. The average Bonchev–Trinajstić information content (AvgIpc) is 3.15. The van der Waals surface area contributed by atoms with Gasteiger partial charge in [-0.15, -0.1) is 0 Å². The van der Waals surface area contributed by atoms with E-state index in [4.69, 9.17) is 0 Å². The predicted octanol–water partition coefficient (Wildman–Crippen LogP) is 1.10. The topological polar surface area (TPSA) is 75.6 Å². The molecule has 124 valence electrons. The largest absolute Gasteiger partial charge is 0.465 e. The van der Waals surface area contributed by atoms with Crippen LogP contribution in [0.15, 0.2) is 12.4 Å². The minimum Gasteiger partial charge on any atom is -0.465 e. The van der Waals surface area contributed by atoms with Gasteiger partial charge in [0.15, 0.2) is 0 Å². The van der Waals surface area contributed by atoms with Gasteiger partial charge in [0.25, 0.3) is 0 Å². The minimum absolute atomic E-state index is 0.271. The van der Waals surface area contributed by atoms with E-state index >= 15 is 0 Å². The summed E-state index contributed by atoms with van der Waals surface area (Å²) in [6, 6.07) is 0. The molecule has 0 aliphatic carbocycles. The summed E-state index contributed by atoms with van der Waals surface area (Å²) < 4.78 is 4.64. The second-order valence-electron chi connectivity index (χ2n) is 6.26. The number of rotatable bonds is 4. The van der Waals surface area contributed by atoms with Crippen molar-refractivity contribution in [3.63, 3.8) is 0 Å². The number of likely N-dealkylation sites (tertiary alicyclic amines) is 1. The lowest BCUT2D eigenvalue weighted by molar-refractivity contribution is -0.135. The van der Waals surface area contributed by atoms with Crippen LogP contribution in [0, 0.1) is 5.41 Å². The van der Waals surface area contributed by atoms with Gasteiger partial charge < -0.3 is 14.5 Å². The standard InChI is InChI=1S/C16H22N4O3/c1-3-6-19-7-4-16(14(19)22)5-8-20(11-16)15-17-9-12(10-18-15)13(21)23-2/h9-10H,3-8,11H2,1-2H3. The maximum absolute atomic E-state index is 12.7. The van der Waals surface area contributed by atoms with Gasteiger partial charge in [0.05, 0.1) is 18.1 Å². The van der Waals surface area contributed by atoms with Crippen LogP contribution < -0.4 is 4.90 Å². The summed E-state index contributed by atoms with van der Waals surface area (Å²) in [5, 5.41) is 0. The molecule has 0 saturated carbocycles. The molecule has 2 aliphatic rings. The SMILES string of the molecule is CCCN1CCC2(CCN(c3ncc(C(=O)OC)cn3)C2)C1=O. The molecular weight excluding hydrogens is 296 g/mol. The molecule has 0 radical (unpaired) electrons. The lowest BCUT2D eigenvalue weighted by Crippen LogP contribution is -2.37. The number of aromatic nitrogens is 2. The number of hydrogen-bond acceptors (Lipinski definition) is 6. The zero-order valence-corrected chi connectivity index (χ0v) is 13.6. The third kappa shape index (κ3) is 2.75. The molecule has 1 amide bonds. The van der Waals surface area contributed by atoms with Crippen LogP contribution in [0.2, 0.25) is 0 Å². The van der Waals surface area contributed by atoms with E-state index in [9.17, 15) is 9.59 Å². The molecule has 1 unspecified atom stereocenters. The van der Waals surface area contributed by atoms with E-state index < -0.39 is 5.97 Å². The van der Waals surface area contributed by atoms with Gasteiger partial charge in [-0.2, -0.15) is 0 Å². The van der Waals surface area contributed by atoms with Gasteiger partial charge >= 0.3 is 5.97 Å². The van der Waals surface area contributed by atoms with Crippen LogP contribution in [-0.4, -0.2) is 60.0 Å². The van der Waals surface area contributed by atoms with Crippen molar-refractivity contribution < 1.29 is 14.3 Å². The Kier molecular flexibility index (Phi) is 4.19. The van der Waals surface area contributed by atoms with Crippen molar-refractivity contribution in [2.75, 3.05) is 38.2 Å². The van der Waals surface area contributed by atoms with Gasteiger partial charge in [-0.25, -0.2) is 14.8 Å². The summed E-state index contributed by atoms with van der Waals surface area (Å²) >= 11 is 0. The number of carbonyl (C=O) groups is 2. The van der Waals surface area contributed by atoms with Gasteiger partial charge in [-0.05, 0) is 19.3 Å². The van der Waals surface area contributed by atoms with Gasteiger partial charge in [-0.1, -0.05) is 6.92 Å². The molecule has 1 atom stereocenters. The van der Waals surface area contributed by atoms with E-state index in [1.165, 1.54) is 19.5 Å². The quantitative estimate of drug-likeness (QED) is 0.774. The summed E-state index contributed by atoms with van der Waals surface area (Å²) in [4.78, 5) is 36.6. The van der Waals surface area contributed by atoms with E-state index in [1.54, 1.807) is 0 Å². The maximum atomic E-state index is 12.7. The molecule has 3 heterocycles. The molecule has 1 aromatic rings. The summed E-state index contributed by atoms with van der Waals surface area (Å²) in [7, 11) is 1.33. The smallest absolute Gasteiger partial charge is 0.341 e. The van der Waals surface area contributed by atoms with E-state index in [0.29, 0.717) is 18.1 Å². The second kappa shape index (κ2) is 6.14. The lowest BCUT2D eigenvalue weighted by Gasteiger charge is -2.23. The number of carbonyl (C=O) groups excluding carboxylic acids is 2. The molecular formula is C16H22N4O3. The van der Waals surface area contributed by atoms with Gasteiger partial charge in [0.2, 0.25) is 11.9 Å². The van der Waals surface area contributed by atoms with Crippen LogP contribution >= 0.6 is 0 Å². The van der Waals surface area contributed by atoms with E-state index in [2.05, 4.69) is 21.6 Å². The molecule has 0 bridgehead atoms. The Balaban J connectivity index is 1.70. The number of ether oxygens (including phenoxy) is 1. The Bertz CT molecular complexity index is 604. The van der Waals surface area contributed by atoms with Crippen LogP contribution in [0.25, 0.3) is 0 Å². The Hall–Kier alpha value is -2.18. The molecule has 0 N–H and O–H groups in total. The fraction of sp³-hybridized carbons (Fsp3) is 0.625. The first-order valence-electron chi connectivity index (χ1n) is 8.04. The van der Waals surface area contributed by atoms with Crippen molar-refractivity contribution in [3.8, 4) is 0 Å². The predicted molar refractivity (Wildman–Crippen MR) is 84.1 cm³/mol. The van der Waals surface area contributed by atoms with Crippen LogP contribution in [-0.2, 0) is 9.53 Å². The number of esters is 1. The number of amides is 1. The molecule has 2 saturated heterocycles. The Morgan fingerprint density at radius 2 is 2.00 bits per heavy atom. The van der Waals surface area contributed by atoms with Crippen LogP contribution in [0.5, 0.6) is 0 Å². The van der Waals surface area contributed by atoms with Crippen LogP contribution in [0.3, 0.4) is 0 Å². The Morgan fingerprint density at radius 3 is 2.65 bits per heavy atom. The summed E-state index contributed by atoms with van der Waals surface area (Å²) in [5.74, 6) is 0.389. The third-order valence-electron chi connectivity index (χ3n) is 4.79. The summed E-state index contributed by atoms with van der Waals surface area (Å²) in [6.07, 6.45) is 5.68. The molecule has 3 rings (SSSR count). The Morgan fingerprint density at radius 1 is 1.30 bits per heavy atom. The molecule has 1 spiro atoms. The highest BCUT2D eigenvalue weighted by Crippen LogP contribution is 2.41. The van der Waals surface area contributed by atoms with Crippen molar-refractivity contribution >= 4 is 17.8 Å². The van der Waals surface area contributed by atoms with Crippen molar-refractivity contribution in [2.45, 2.75) is 26.2 Å². The lowest BCUT2D eigenvalue weighted by atomic mass is 9.85. The van der Waals surface area contributed by atoms with Crippen molar-refractivity contribution in [3.05, 3.63) is 18.0 Å². The molecule has 2 aliphatic heterocycles. The molecule has 2 fully saturated rings. The van der Waals surface area contributed by atoms with Crippen LogP contribution in [0.4, 0.5) is 5.95 Å². The first-order valence-corrected chi connectivity index (χ1v) is 8.04. The average molecular weight is 318 g/mol. The molecule has 0 aromatic carbocycles. The third-order valence-corrected chi connectivity index (χ3v) is 4.79. The number of nitrogens with zero attached hydrogens (tertiary/aromatic N) is 4. The maximum Gasteiger partial charge on any atom is 0.341 e.